The summed E-state index contributed by atoms with van der Waals surface area (Å²) in [4.78, 5) is 17.1. The number of hydrogen-bond acceptors (Lipinski definition) is 4. The highest BCUT2D eigenvalue weighted by Crippen LogP contribution is 2.23. The van der Waals surface area contributed by atoms with Crippen LogP contribution in [0.15, 0.2) is 47.1 Å². The maximum atomic E-state index is 12.4. The summed E-state index contributed by atoms with van der Waals surface area (Å²) in [5, 5.41) is 8.68. The molecular weight excluding hydrogens is 340 g/mol. The zero-order valence-electron chi connectivity index (χ0n) is 15.7. The highest BCUT2D eigenvalue weighted by molar-refractivity contribution is 5.92. The van der Waals surface area contributed by atoms with E-state index in [1.54, 1.807) is 6.26 Å². The maximum Gasteiger partial charge on any atom is 0.220 e. The van der Waals surface area contributed by atoms with E-state index in [1.165, 1.54) is 0 Å². The van der Waals surface area contributed by atoms with Crippen molar-refractivity contribution in [2.24, 2.45) is 0 Å². The van der Waals surface area contributed by atoms with E-state index in [4.69, 9.17) is 9.40 Å². The molecule has 0 bridgehead atoms. The Morgan fingerprint density at radius 2 is 2.04 bits per heavy atom. The summed E-state index contributed by atoms with van der Waals surface area (Å²) < 4.78 is 7.22. The summed E-state index contributed by atoms with van der Waals surface area (Å²) in [6.07, 6.45) is 2.62. The number of amides is 1. The van der Waals surface area contributed by atoms with E-state index in [-0.39, 0.29) is 11.9 Å². The van der Waals surface area contributed by atoms with Crippen LogP contribution in [0.25, 0.3) is 16.6 Å². The van der Waals surface area contributed by atoms with Crippen LogP contribution >= 0.6 is 0 Å². The van der Waals surface area contributed by atoms with Crippen LogP contribution in [0.3, 0.4) is 0 Å². The molecule has 1 N–H and O–H groups in total. The number of carbonyl (C=O) groups is 1. The highest BCUT2D eigenvalue weighted by Gasteiger charge is 2.16. The van der Waals surface area contributed by atoms with Crippen LogP contribution in [0.4, 0.5) is 0 Å². The van der Waals surface area contributed by atoms with Crippen LogP contribution in [0.2, 0.25) is 0 Å². The molecular formula is C21H22N4O2. The minimum absolute atomic E-state index is 0.0107. The Balaban J connectivity index is 1.55. The Bertz CT molecular complexity index is 1110. The zero-order chi connectivity index (χ0) is 19.0. The Labute approximate surface area is 157 Å². The molecule has 0 saturated carbocycles. The van der Waals surface area contributed by atoms with Gasteiger partial charge in [-0.05, 0) is 57.0 Å². The first-order valence-corrected chi connectivity index (χ1v) is 9.11. The van der Waals surface area contributed by atoms with E-state index in [2.05, 4.69) is 10.4 Å². The van der Waals surface area contributed by atoms with Gasteiger partial charge in [-0.2, -0.15) is 5.10 Å². The molecule has 6 heteroatoms. The fourth-order valence-corrected chi connectivity index (χ4v) is 3.50. The van der Waals surface area contributed by atoms with Gasteiger partial charge in [0.05, 0.1) is 17.8 Å². The van der Waals surface area contributed by atoms with Crippen molar-refractivity contribution >= 4 is 22.5 Å². The molecule has 0 spiro atoms. The molecule has 138 valence electrons. The normalized spacial score (nSPS) is 12.6. The van der Waals surface area contributed by atoms with Crippen LogP contribution < -0.4 is 5.32 Å². The molecule has 0 saturated heterocycles. The second-order valence-electron chi connectivity index (χ2n) is 6.82. The molecule has 3 heterocycles. The Kier molecular flexibility index (Phi) is 4.39. The summed E-state index contributed by atoms with van der Waals surface area (Å²) in [5.41, 5.74) is 4.82. The van der Waals surface area contributed by atoms with Gasteiger partial charge in [0, 0.05) is 23.2 Å². The predicted octanol–water partition coefficient (Wildman–Crippen LogP) is 3.90. The van der Waals surface area contributed by atoms with Gasteiger partial charge in [-0.3, -0.25) is 4.79 Å². The standard InChI is InChI=1S/C21H22N4O2/c1-13-16(10-11-20(26)22-14(2)19-9-6-12-27-19)15(3)25-21(23-13)17-7-4-5-8-18(17)24-25/h4-9,12,14H,10-11H2,1-3H3,(H,22,26)/t14-/m0/s1. The van der Waals surface area contributed by atoms with E-state index in [0.717, 1.165) is 39.3 Å². The van der Waals surface area contributed by atoms with Gasteiger partial charge in [0.1, 0.15) is 5.76 Å². The Morgan fingerprint density at radius 1 is 1.22 bits per heavy atom. The summed E-state index contributed by atoms with van der Waals surface area (Å²) >= 11 is 0. The SMILES string of the molecule is Cc1nc2c3ccccc3nn2c(C)c1CCC(=O)N[C@@H](C)c1ccco1. The third-order valence-electron chi connectivity index (χ3n) is 4.97. The first-order valence-electron chi connectivity index (χ1n) is 9.11. The molecule has 0 fully saturated rings. The smallest absolute Gasteiger partial charge is 0.220 e. The largest absolute Gasteiger partial charge is 0.467 e. The second kappa shape index (κ2) is 6.87. The number of fused-ring (bicyclic) bond motifs is 3. The first kappa shape index (κ1) is 17.3. The van der Waals surface area contributed by atoms with Crippen LogP contribution in [-0.4, -0.2) is 20.5 Å². The zero-order valence-corrected chi connectivity index (χ0v) is 15.7. The molecule has 0 unspecified atom stereocenters. The molecule has 6 nitrogen and oxygen atoms in total. The molecule has 0 radical (unpaired) electrons. The number of benzene rings is 1. The topological polar surface area (TPSA) is 72.4 Å². The minimum atomic E-state index is -0.147. The lowest BCUT2D eigenvalue weighted by Gasteiger charge is -2.13. The van der Waals surface area contributed by atoms with Crippen LogP contribution in [0.5, 0.6) is 0 Å². The van der Waals surface area contributed by atoms with E-state index in [0.29, 0.717) is 12.8 Å². The lowest BCUT2D eigenvalue weighted by molar-refractivity contribution is -0.121. The molecule has 0 aliphatic heterocycles. The number of furan rings is 1. The molecule has 3 aromatic heterocycles. The van der Waals surface area contributed by atoms with E-state index < -0.39 is 0 Å². The van der Waals surface area contributed by atoms with Crippen molar-refractivity contribution < 1.29 is 9.21 Å². The summed E-state index contributed by atoms with van der Waals surface area (Å²) in [6.45, 7) is 5.94. The monoisotopic (exact) mass is 362 g/mol. The Hall–Kier alpha value is -3.15. The van der Waals surface area contributed by atoms with Crippen molar-refractivity contribution in [2.45, 2.75) is 39.7 Å². The number of hydrogen-bond donors (Lipinski definition) is 1. The third kappa shape index (κ3) is 3.18. The van der Waals surface area contributed by atoms with Gasteiger partial charge in [0.15, 0.2) is 5.65 Å². The van der Waals surface area contributed by atoms with E-state index >= 15 is 0 Å². The lowest BCUT2D eigenvalue weighted by atomic mass is 10.1. The summed E-state index contributed by atoms with van der Waals surface area (Å²) in [5.74, 6) is 0.741. The Morgan fingerprint density at radius 3 is 2.81 bits per heavy atom. The number of carbonyl (C=O) groups excluding carboxylic acids is 1. The van der Waals surface area contributed by atoms with Crippen LogP contribution in [0.1, 0.15) is 42.1 Å². The van der Waals surface area contributed by atoms with Crippen molar-refractivity contribution in [3.63, 3.8) is 0 Å². The van der Waals surface area contributed by atoms with Crippen LogP contribution in [-0.2, 0) is 11.2 Å². The predicted molar refractivity (Wildman–Crippen MR) is 104 cm³/mol. The van der Waals surface area contributed by atoms with Gasteiger partial charge in [0.2, 0.25) is 5.91 Å². The van der Waals surface area contributed by atoms with Gasteiger partial charge in [0.25, 0.3) is 0 Å². The van der Waals surface area contributed by atoms with E-state index in [9.17, 15) is 4.79 Å². The fraction of sp³-hybridized carbons (Fsp3) is 0.286. The number of aromatic nitrogens is 3. The van der Waals surface area contributed by atoms with Crippen molar-refractivity contribution in [1.82, 2.24) is 19.9 Å². The summed E-state index contributed by atoms with van der Waals surface area (Å²) in [7, 11) is 0. The molecule has 1 aromatic carbocycles. The van der Waals surface area contributed by atoms with Gasteiger partial charge < -0.3 is 9.73 Å². The van der Waals surface area contributed by atoms with Crippen molar-refractivity contribution in [3.05, 3.63) is 65.4 Å². The average molecular weight is 362 g/mol. The molecule has 0 aliphatic rings. The third-order valence-corrected chi connectivity index (χ3v) is 4.97. The number of rotatable bonds is 5. The molecule has 0 aliphatic carbocycles. The van der Waals surface area contributed by atoms with Gasteiger partial charge in [-0.1, -0.05) is 12.1 Å². The molecule has 4 aromatic rings. The lowest BCUT2D eigenvalue weighted by Crippen LogP contribution is -2.26. The van der Waals surface area contributed by atoms with E-state index in [1.807, 2.05) is 61.7 Å². The number of nitrogens with zero attached hydrogens (tertiary/aromatic N) is 3. The molecule has 27 heavy (non-hydrogen) atoms. The highest BCUT2D eigenvalue weighted by atomic mass is 16.3. The number of nitrogens with one attached hydrogen (secondary N) is 1. The van der Waals surface area contributed by atoms with Crippen molar-refractivity contribution in [3.8, 4) is 0 Å². The second-order valence-corrected chi connectivity index (χ2v) is 6.82. The minimum Gasteiger partial charge on any atom is -0.467 e. The molecule has 4 rings (SSSR count). The molecule has 1 atom stereocenters. The van der Waals surface area contributed by atoms with Crippen molar-refractivity contribution in [2.75, 3.05) is 0 Å². The fourth-order valence-electron chi connectivity index (χ4n) is 3.50. The molecule has 1 amide bonds. The maximum absolute atomic E-state index is 12.4. The van der Waals surface area contributed by atoms with Crippen LogP contribution in [0, 0.1) is 13.8 Å². The quantitative estimate of drug-likeness (QED) is 0.584. The van der Waals surface area contributed by atoms with Gasteiger partial charge in [-0.25, -0.2) is 9.50 Å². The number of aryl methyl sites for hydroxylation is 2. The summed E-state index contributed by atoms with van der Waals surface area (Å²) in [6, 6.07) is 11.5. The first-order chi connectivity index (χ1) is 13.0. The van der Waals surface area contributed by atoms with Crippen molar-refractivity contribution in [1.29, 1.82) is 0 Å². The average Bonchev–Trinajstić information content (AvgIpc) is 3.30. The van der Waals surface area contributed by atoms with Gasteiger partial charge >= 0.3 is 0 Å². The van der Waals surface area contributed by atoms with Gasteiger partial charge in [-0.15, -0.1) is 0 Å².